The Morgan fingerprint density at radius 2 is 2.09 bits per heavy atom. The quantitative estimate of drug-likeness (QED) is 0.754. The molecule has 0 aliphatic carbocycles. The largest absolute Gasteiger partial charge is 0.469 e. The molecule has 3 aromatic rings. The predicted molar refractivity (Wildman–Crippen MR) is 89.8 cm³/mol. The molecular formula is C17H17BrN2O2. The van der Waals surface area contributed by atoms with Crippen molar-refractivity contribution in [2.45, 2.75) is 19.9 Å². The lowest BCUT2D eigenvalue weighted by Gasteiger charge is -2.09. The highest BCUT2D eigenvalue weighted by Gasteiger charge is 2.13. The van der Waals surface area contributed by atoms with Gasteiger partial charge in [0.1, 0.15) is 12.3 Å². The minimum Gasteiger partial charge on any atom is -0.469 e. The van der Waals surface area contributed by atoms with Crippen molar-refractivity contribution in [1.29, 1.82) is 0 Å². The van der Waals surface area contributed by atoms with Gasteiger partial charge in [-0.2, -0.15) is 0 Å². The number of rotatable bonds is 5. The van der Waals surface area contributed by atoms with Crippen LogP contribution in [0.3, 0.4) is 0 Å². The van der Waals surface area contributed by atoms with Crippen LogP contribution in [-0.4, -0.2) is 17.0 Å². The molecule has 0 spiro atoms. The predicted octanol–water partition coefficient (Wildman–Crippen LogP) is 3.66. The van der Waals surface area contributed by atoms with Crippen molar-refractivity contribution in [1.82, 2.24) is 9.88 Å². The Balaban J connectivity index is 1.68. The zero-order valence-corrected chi connectivity index (χ0v) is 13.9. The summed E-state index contributed by atoms with van der Waals surface area (Å²) < 4.78 is 8.33. The van der Waals surface area contributed by atoms with Gasteiger partial charge in [-0.25, -0.2) is 0 Å². The average molecular weight is 361 g/mol. The summed E-state index contributed by atoms with van der Waals surface area (Å²) in [6, 6.07) is 11.8. The van der Waals surface area contributed by atoms with Gasteiger partial charge in [-0.15, -0.1) is 0 Å². The summed E-state index contributed by atoms with van der Waals surface area (Å²) in [5.74, 6) is 0.883. The fourth-order valence-electron chi connectivity index (χ4n) is 2.57. The highest BCUT2D eigenvalue weighted by atomic mass is 79.9. The number of amides is 1. The number of halogens is 1. The Kier molecular flexibility index (Phi) is 4.34. The van der Waals surface area contributed by atoms with Gasteiger partial charge in [0.25, 0.3) is 0 Å². The van der Waals surface area contributed by atoms with Crippen LogP contribution in [0.25, 0.3) is 10.9 Å². The van der Waals surface area contributed by atoms with E-state index >= 15 is 0 Å². The molecule has 22 heavy (non-hydrogen) atoms. The maximum atomic E-state index is 12.2. The third-order valence-electron chi connectivity index (χ3n) is 3.73. The summed E-state index contributed by atoms with van der Waals surface area (Å²) in [5, 5.41) is 4.06. The van der Waals surface area contributed by atoms with E-state index < -0.39 is 0 Å². The summed E-state index contributed by atoms with van der Waals surface area (Å²) in [4.78, 5) is 12.2. The lowest BCUT2D eigenvalue weighted by Crippen LogP contribution is -2.29. The van der Waals surface area contributed by atoms with E-state index in [1.807, 2.05) is 41.8 Å². The van der Waals surface area contributed by atoms with Gasteiger partial charge in [-0.3, -0.25) is 4.79 Å². The summed E-state index contributed by atoms with van der Waals surface area (Å²) in [6.45, 7) is 2.90. The molecule has 1 N–H and O–H groups in total. The Labute approximate surface area is 137 Å². The topological polar surface area (TPSA) is 47.2 Å². The van der Waals surface area contributed by atoms with E-state index in [1.165, 1.54) is 0 Å². The maximum absolute atomic E-state index is 12.2. The molecule has 0 unspecified atom stereocenters. The van der Waals surface area contributed by atoms with Crippen LogP contribution in [0.4, 0.5) is 0 Å². The zero-order valence-electron chi connectivity index (χ0n) is 12.3. The van der Waals surface area contributed by atoms with Crippen LogP contribution in [-0.2, 0) is 17.8 Å². The molecule has 2 heterocycles. The van der Waals surface area contributed by atoms with Crippen molar-refractivity contribution in [3.05, 3.63) is 58.6 Å². The Morgan fingerprint density at radius 1 is 1.27 bits per heavy atom. The number of benzene rings is 1. The molecule has 0 bridgehead atoms. The van der Waals surface area contributed by atoms with E-state index in [-0.39, 0.29) is 5.91 Å². The van der Waals surface area contributed by atoms with Crippen LogP contribution in [0, 0.1) is 6.92 Å². The zero-order chi connectivity index (χ0) is 15.5. The minimum absolute atomic E-state index is 0.00269. The van der Waals surface area contributed by atoms with Crippen molar-refractivity contribution in [3.63, 3.8) is 0 Å². The number of nitrogens with one attached hydrogen (secondary N) is 1. The first kappa shape index (κ1) is 14.9. The number of para-hydroxylation sites is 1. The van der Waals surface area contributed by atoms with Crippen molar-refractivity contribution in [2.75, 3.05) is 6.54 Å². The summed E-state index contributed by atoms with van der Waals surface area (Å²) in [5.41, 5.74) is 2.12. The Bertz CT molecular complexity index is 790. The molecule has 1 aromatic carbocycles. The van der Waals surface area contributed by atoms with Gasteiger partial charge in [0.2, 0.25) is 5.91 Å². The molecule has 1 amide bonds. The Hall–Kier alpha value is -2.01. The molecule has 2 aromatic heterocycles. The van der Waals surface area contributed by atoms with Gasteiger partial charge in [0.15, 0.2) is 0 Å². The molecule has 3 rings (SSSR count). The number of hydrogen-bond acceptors (Lipinski definition) is 2. The Morgan fingerprint density at radius 3 is 2.86 bits per heavy atom. The van der Waals surface area contributed by atoms with E-state index in [2.05, 4.69) is 27.3 Å². The second kappa shape index (κ2) is 6.40. The maximum Gasteiger partial charge on any atom is 0.239 e. The van der Waals surface area contributed by atoms with Crippen molar-refractivity contribution < 1.29 is 9.21 Å². The fourth-order valence-corrected chi connectivity index (χ4v) is 3.12. The number of nitrogens with zero attached hydrogens (tertiary/aromatic N) is 1. The van der Waals surface area contributed by atoms with E-state index in [4.69, 9.17) is 4.42 Å². The molecule has 5 heteroatoms. The number of fused-ring (bicyclic) bond motifs is 1. The van der Waals surface area contributed by atoms with Crippen LogP contribution in [0.5, 0.6) is 0 Å². The highest BCUT2D eigenvalue weighted by molar-refractivity contribution is 9.10. The molecule has 0 aliphatic rings. The summed E-state index contributed by atoms with van der Waals surface area (Å²) in [6.07, 6.45) is 2.35. The van der Waals surface area contributed by atoms with Crippen LogP contribution >= 0.6 is 15.9 Å². The fraction of sp³-hybridized carbons (Fsp3) is 0.235. The second-order valence-electron chi connectivity index (χ2n) is 5.18. The van der Waals surface area contributed by atoms with Gasteiger partial charge in [0, 0.05) is 34.0 Å². The molecule has 0 atom stereocenters. The lowest BCUT2D eigenvalue weighted by atomic mass is 10.2. The van der Waals surface area contributed by atoms with E-state index in [0.717, 1.165) is 26.8 Å². The third-order valence-corrected chi connectivity index (χ3v) is 4.73. The minimum atomic E-state index is 0.00269. The normalized spacial score (nSPS) is 11.0. The third kappa shape index (κ3) is 2.95. The van der Waals surface area contributed by atoms with Crippen LogP contribution in [0.1, 0.15) is 11.5 Å². The first-order chi connectivity index (χ1) is 10.7. The van der Waals surface area contributed by atoms with E-state index in [0.29, 0.717) is 19.5 Å². The van der Waals surface area contributed by atoms with Gasteiger partial charge >= 0.3 is 0 Å². The molecule has 0 radical (unpaired) electrons. The monoisotopic (exact) mass is 360 g/mol. The smallest absolute Gasteiger partial charge is 0.239 e. The van der Waals surface area contributed by atoms with Crippen LogP contribution in [0.15, 0.2) is 51.6 Å². The lowest BCUT2D eigenvalue weighted by molar-refractivity contribution is -0.121. The van der Waals surface area contributed by atoms with Gasteiger partial charge < -0.3 is 14.3 Å². The van der Waals surface area contributed by atoms with Crippen molar-refractivity contribution in [2.24, 2.45) is 0 Å². The molecule has 114 valence electrons. The van der Waals surface area contributed by atoms with Crippen LogP contribution in [0.2, 0.25) is 0 Å². The van der Waals surface area contributed by atoms with Gasteiger partial charge in [-0.05, 0) is 41.1 Å². The molecule has 0 saturated carbocycles. The molecular weight excluding hydrogens is 344 g/mol. The second-order valence-corrected chi connectivity index (χ2v) is 5.98. The van der Waals surface area contributed by atoms with Crippen molar-refractivity contribution >= 4 is 32.7 Å². The SMILES string of the molecule is Cc1c(Br)c2ccccc2n1CC(=O)NCCc1ccco1. The summed E-state index contributed by atoms with van der Waals surface area (Å²) in [7, 11) is 0. The molecule has 4 nitrogen and oxygen atoms in total. The first-order valence-electron chi connectivity index (χ1n) is 7.19. The first-order valence-corrected chi connectivity index (χ1v) is 7.98. The average Bonchev–Trinajstić information content (AvgIpc) is 3.11. The van der Waals surface area contributed by atoms with Crippen LogP contribution < -0.4 is 5.32 Å². The molecule has 0 saturated heterocycles. The number of hydrogen-bond donors (Lipinski definition) is 1. The summed E-state index contributed by atoms with van der Waals surface area (Å²) >= 11 is 3.61. The van der Waals surface area contributed by atoms with Gasteiger partial charge in [0.05, 0.1) is 6.26 Å². The van der Waals surface area contributed by atoms with Gasteiger partial charge in [-0.1, -0.05) is 18.2 Å². The van der Waals surface area contributed by atoms with Crippen molar-refractivity contribution in [3.8, 4) is 0 Å². The number of carbonyl (C=O) groups is 1. The standard InChI is InChI=1S/C17H17BrN2O2/c1-12-17(18)14-6-2-3-7-15(14)20(12)11-16(21)19-9-8-13-5-4-10-22-13/h2-7,10H,8-9,11H2,1H3,(H,19,21). The number of aromatic nitrogens is 1. The molecule has 0 aliphatic heterocycles. The number of carbonyl (C=O) groups excluding carboxylic acids is 1. The molecule has 0 fully saturated rings. The van der Waals surface area contributed by atoms with E-state index in [1.54, 1.807) is 6.26 Å². The highest BCUT2D eigenvalue weighted by Crippen LogP contribution is 2.30. The van der Waals surface area contributed by atoms with E-state index in [9.17, 15) is 4.79 Å². The number of furan rings is 1.